The summed E-state index contributed by atoms with van der Waals surface area (Å²) < 4.78 is 9.52. The summed E-state index contributed by atoms with van der Waals surface area (Å²) in [6, 6.07) is 6.56. The number of allylic oxidation sites excluding steroid dienone is 1. The maximum Gasteiger partial charge on any atom is 0.354 e. The highest BCUT2D eigenvalue weighted by atomic mass is 16.5. The number of carbonyl (C=O) groups excluding carboxylic acids is 2. The van der Waals surface area contributed by atoms with Gasteiger partial charge in [0.2, 0.25) is 0 Å². The van der Waals surface area contributed by atoms with Gasteiger partial charge in [0.15, 0.2) is 0 Å². The molecule has 1 amide bonds. The largest absolute Gasteiger partial charge is 0.497 e. The molecule has 0 bridgehead atoms. The van der Waals surface area contributed by atoms with Gasteiger partial charge < -0.3 is 14.8 Å². The quantitative estimate of drug-likeness (QED) is 0.648. The van der Waals surface area contributed by atoms with Gasteiger partial charge in [0.25, 0.3) is 5.91 Å². The molecule has 5 nitrogen and oxygen atoms in total. The SMILES string of the molecule is C/C=C(\NC(=O)c1ccc(OC)cc1)C(=O)OC. The smallest absolute Gasteiger partial charge is 0.354 e. The Bertz CT molecular complexity index is 462. The van der Waals surface area contributed by atoms with Crippen molar-refractivity contribution < 1.29 is 19.1 Å². The van der Waals surface area contributed by atoms with Crippen LogP contribution in [0, 0.1) is 0 Å². The molecule has 0 atom stereocenters. The molecule has 96 valence electrons. The van der Waals surface area contributed by atoms with Crippen molar-refractivity contribution >= 4 is 11.9 Å². The van der Waals surface area contributed by atoms with E-state index in [1.165, 1.54) is 13.2 Å². The van der Waals surface area contributed by atoms with Crippen molar-refractivity contribution in [1.82, 2.24) is 5.32 Å². The number of nitrogens with one attached hydrogen (secondary N) is 1. The van der Waals surface area contributed by atoms with Gasteiger partial charge in [0, 0.05) is 5.56 Å². The average molecular weight is 249 g/mol. The lowest BCUT2D eigenvalue weighted by molar-refractivity contribution is -0.136. The van der Waals surface area contributed by atoms with Crippen LogP contribution in [-0.4, -0.2) is 26.1 Å². The van der Waals surface area contributed by atoms with Crippen molar-refractivity contribution in [3.05, 3.63) is 41.6 Å². The van der Waals surface area contributed by atoms with E-state index in [4.69, 9.17) is 4.74 Å². The van der Waals surface area contributed by atoms with Crippen molar-refractivity contribution in [3.8, 4) is 5.75 Å². The first-order chi connectivity index (χ1) is 8.62. The predicted molar refractivity (Wildman–Crippen MR) is 66.2 cm³/mol. The molecular weight excluding hydrogens is 234 g/mol. The van der Waals surface area contributed by atoms with Crippen molar-refractivity contribution in [1.29, 1.82) is 0 Å². The lowest BCUT2D eigenvalue weighted by Gasteiger charge is -2.07. The predicted octanol–water partition coefficient (Wildman–Crippen LogP) is 1.50. The van der Waals surface area contributed by atoms with Crippen LogP contribution in [0.3, 0.4) is 0 Å². The highest BCUT2D eigenvalue weighted by Gasteiger charge is 2.13. The molecule has 5 heteroatoms. The van der Waals surface area contributed by atoms with Gasteiger partial charge in [0.05, 0.1) is 14.2 Å². The van der Waals surface area contributed by atoms with E-state index in [1.807, 2.05) is 0 Å². The third kappa shape index (κ3) is 3.35. The van der Waals surface area contributed by atoms with Crippen LogP contribution in [0.25, 0.3) is 0 Å². The van der Waals surface area contributed by atoms with Crippen LogP contribution in [0.15, 0.2) is 36.0 Å². The minimum Gasteiger partial charge on any atom is -0.497 e. The first-order valence-corrected chi connectivity index (χ1v) is 5.32. The average Bonchev–Trinajstić information content (AvgIpc) is 2.43. The van der Waals surface area contributed by atoms with Gasteiger partial charge in [-0.2, -0.15) is 0 Å². The van der Waals surface area contributed by atoms with Crippen LogP contribution in [0.4, 0.5) is 0 Å². The summed E-state index contributed by atoms with van der Waals surface area (Å²) in [5, 5.41) is 2.48. The van der Waals surface area contributed by atoms with Gasteiger partial charge in [-0.3, -0.25) is 4.79 Å². The summed E-state index contributed by atoms with van der Waals surface area (Å²) in [6.45, 7) is 1.64. The summed E-state index contributed by atoms with van der Waals surface area (Å²) in [7, 11) is 2.80. The Labute approximate surface area is 105 Å². The number of esters is 1. The zero-order valence-electron chi connectivity index (χ0n) is 10.5. The second kappa shape index (κ2) is 6.44. The van der Waals surface area contributed by atoms with E-state index in [0.717, 1.165) is 0 Å². The van der Waals surface area contributed by atoms with E-state index in [1.54, 1.807) is 38.3 Å². The van der Waals surface area contributed by atoms with Gasteiger partial charge >= 0.3 is 5.97 Å². The lowest BCUT2D eigenvalue weighted by atomic mass is 10.2. The van der Waals surface area contributed by atoms with Gasteiger partial charge in [-0.1, -0.05) is 6.08 Å². The number of methoxy groups -OCH3 is 2. The first kappa shape index (κ1) is 13.8. The molecule has 0 saturated heterocycles. The standard InChI is InChI=1S/C13H15NO4/c1-4-11(13(16)18-3)14-12(15)9-5-7-10(17-2)8-6-9/h4-8H,1-3H3,(H,14,15)/b11-4-. The van der Waals surface area contributed by atoms with E-state index in [-0.39, 0.29) is 11.6 Å². The fourth-order valence-corrected chi connectivity index (χ4v) is 1.29. The minimum atomic E-state index is -0.584. The second-order valence-electron chi connectivity index (χ2n) is 3.38. The fraction of sp³-hybridized carbons (Fsp3) is 0.231. The van der Waals surface area contributed by atoms with Crippen LogP contribution in [-0.2, 0) is 9.53 Å². The third-order valence-corrected chi connectivity index (χ3v) is 2.29. The Morgan fingerprint density at radius 3 is 2.22 bits per heavy atom. The van der Waals surface area contributed by atoms with Crippen molar-refractivity contribution in [2.75, 3.05) is 14.2 Å². The molecule has 0 spiro atoms. The molecule has 0 fully saturated rings. The topological polar surface area (TPSA) is 64.6 Å². The summed E-state index contributed by atoms with van der Waals surface area (Å²) in [5.41, 5.74) is 0.539. The summed E-state index contributed by atoms with van der Waals surface area (Å²) in [6.07, 6.45) is 1.48. The summed E-state index contributed by atoms with van der Waals surface area (Å²) >= 11 is 0. The monoisotopic (exact) mass is 249 g/mol. The fourth-order valence-electron chi connectivity index (χ4n) is 1.29. The molecular formula is C13H15NO4. The van der Waals surface area contributed by atoms with E-state index in [2.05, 4.69) is 10.1 Å². The van der Waals surface area contributed by atoms with Crippen molar-refractivity contribution in [2.24, 2.45) is 0 Å². The van der Waals surface area contributed by atoms with Crippen molar-refractivity contribution in [3.63, 3.8) is 0 Å². The van der Waals surface area contributed by atoms with Crippen LogP contribution < -0.4 is 10.1 Å². The van der Waals surface area contributed by atoms with E-state index >= 15 is 0 Å². The number of hydrogen-bond donors (Lipinski definition) is 1. The Kier molecular flexibility index (Phi) is 4.92. The molecule has 0 aliphatic rings. The highest BCUT2D eigenvalue weighted by molar-refractivity contribution is 6.01. The van der Waals surface area contributed by atoms with Crippen LogP contribution >= 0.6 is 0 Å². The minimum absolute atomic E-state index is 0.110. The maximum absolute atomic E-state index is 11.8. The molecule has 0 saturated carbocycles. The molecule has 1 rings (SSSR count). The number of benzene rings is 1. The van der Waals surface area contributed by atoms with Gasteiger partial charge in [-0.15, -0.1) is 0 Å². The van der Waals surface area contributed by atoms with Gasteiger partial charge in [0.1, 0.15) is 11.4 Å². The van der Waals surface area contributed by atoms with Crippen LogP contribution in [0.2, 0.25) is 0 Å². The van der Waals surface area contributed by atoms with E-state index in [9.17, 15) is 9.59 Å². The highest BCUT2D eigenvalue weighted by Crippen LogP contribution is 2.11. The van der Waals surface area contributed by atoms with E-state index in [0.29, 0.717) is 11.3 Å². The zero-order chi connectivity index (χ0) is 13.5. The Hall–Kier alpha value is -2.30. The van der Waals surface area contributed by atoms with E-state index < -0.39 is 5.97 Å². The molecule has 0 aliphatic carbocycles. The number of carbonyl (C=O) groups is 2. The third-order valence-electron chi connectivity index (χ3n) is 2.29. The molecule has 1 aromatic carbocycles. The maximum atomic E-state index is 11.8. The van der Waals surface area contributed by atoms with Gasteiger partial charge in [-0.25, -0.2) is 4.79 Å². The van der Waals surface area contributed by atoms with Crippen molar-refractivity contribution in [2.45, 2.75) is 6.92 Å². The van der Waals surface area contributed by atoms with Crippen LogP contribution in [0.5, 0.6) is 5.75 Å². The second-order valence-corrected chi connectivity index (χ2v) is 3.38. The summed E-state index contributed by atoms with van der Waals surface area (Å²) in [5.74, 6) is -0.304. The molecule has 0 aliphatic heterocycles. The number of amides is 1. The van der Waals surface area contributed by atoms with Gasteiger partial charge in [-0.05, 0) is 31.2 Å². The number of ether oxygens (including phenoxy) is 2. The molecule has 0 unspecified atom stereocenters. The molecule has 1 N–H and O–H groups in total. The normalized spacial score (nSPS) is 10.7. The molecule has 1 aromatic rings. The van der Waals surface area contributed by atoms with Crippen LogP contribution in [0.1, 0.15) is 17.3 Å². The molecule has 0 heterocycles. The number of hydrogen-bond acceptors (Lipinski definition) is 4. The Balaban J connectivity index is 2.78. The first-order valence-electron chi connectivity index (χ1n) is 5.32. The molecule has 0 aromatic heterocycles. The lowest BCUT2D eigenvalue weighted by Crippen LogP contribution is -2.27. The Morgan fingerprint density at radius 2 is 1.78 bits per heavy atom. The zero-order valence-corrected chi connectivity index (χ0v) is 10.5. The molecule has 18 heavy (non-hydrogen) atoms. The Morgan fingerprint density at radius 1 is 1.17 bits per heavy atom. The number of rotatable bonds is 4. The summed E-state index contributed by atoms with van der Waals surface area (Å²) in [4.78, 5) is 23.1. The molecule has 0 radical (unpaired) electrons.